The van der Waals surface area contributed by atoms with E-state index < -0.39 is 0 Å². The third-order valence-corrected chi connectivity index (χ3v) is 3.41. The van der Waals surface area contributed by atoms with Crippen molar-refractivity contribution in [1.29, 1.82) is 0 Å². The molecule has 0 spiro atoms. The summed E-state index contributed by atoms with van der Waals surface area (Å²) in [7, 11) is 1.67. The number of halogens is 2. The van der Waals surface area contributed by atoms with Gasteiger partial charge in [-0.15, -0.1) is 0 Å². The van der Waals surface area contributed by atoms with E-state index in [1.165, 1.54) is 12.1 Å². The predicted molar refractivity (Wildman–Crippen MR) is 78.9 cm³/mol. The number of carbonyl (C=O) groups excluding carboxylic acids is 1. The second-order valence-corrected chi connectivity index (χ2v) is 4.96. The SMILES string of the molecule is COCCCCCNC(=O)c1cc(N)cc(Cl)c1Cl. The number of amides is 1. The van der Waals surface area contributed by atoms with Gasteiger partial charge in [0.25, 0.3) is 5.91 Å². The Hall–Kier alpha value is -0.970. The Kier molecular flexibility index (Phi) is 6.99. The summed E-state index contributed by atoms with van der Waals surface area (Å²) in [5, 5.41) is 3.31. The molecule has 3 N–H and O–H groups in total. The van der Waals surface area contributed by atoms with Crippen molar-refractivity contribution in [3.05, 3.63) is 27.7 Å². The number of nitrogen functional groups attached to an aromatic ring is 1. The number of hydrogen-bond donors (Lipinski definition) is 2. The van der Waals surface area contributed by atoms with Crippen molar-refractivity contribution in [2.75, 3.05) is 26.0 Å². The monoisotopic (exact) mass is 304 g/mol. The number of unbranched alkanes of at least 4 members (excludes halogenated alkanes) is 2. The van der Waals surface area contributed by atoms with Crippen molar-refractivity contribution in [3.8, 4) is 0 Å². The van der Waals surface area contributed by atoms with E-state index in [9.17, 15) is 4.79 Å². The molecule has 106 valence electrons. The first-order valence-corrected chi connectivity index (χ1v) is 6.83. The molecule has 0 aliphatic heterocycles. The van der Waals surface area contributed by atoms with Gasteiger partial charge in [-0.3, -0.25) is 4.79 Å². The van der Waals surface area contributed by atoms with Crippen LogP contribution in [0.2, 0.25) is 10.0 Å². The van der Waals surface area contributed by atoms with Crippen molar-refractivity contribution < 1.29 is 9.53 Å². The summed E-state index contributed by atoms with van der Waals surface area (Å²) in [6.07, 6.45) is 2.87. The molecule has 0 bridgehead atoms. The van der Waals surface area contributed by atoms with E-state index in [0.717, 1.165) is 25.9 Å². The fourth-order valence-electron chi connectivity index (χ4n) is 1.62. The molecule has 0 aliphatic carbocycles. The largest absolute Gasteiger partial charge is 0.399 e. The maximum Gasteiger partial charge on any atom is 0.252 e. The van der Waals surface area contributed by atoms with Gasteiger partial charge in [-0.2, -0.15) is 0 Å². The minimum absolute atomic E-state index is 0.229. The lowest BCUT2D eigenvalue weighted by Gasteiger charge is -2.08. The van der Waals surface area contributed by atoms with Gasteiger partial charge in [0.2, 0.25) is 0 Å². The highest BCUT2D eigenvalue weighted by Crippen LogP contribution is 2.28. The Morgan fingerprint density at radius 3 is 2.74 bits per heavy atom. The quantitative estimate of drug-likeness (QED) is 0.601. The first-order valence-electron chi connectivity index (χ1n) is 6.08. The second kappa shape index (κ2) is 8.25. The van der Waals surface area contributed by atoms with Crippen LogP contribution in [0.3, 0.4) is 0 Å². The molecular formula is C13H18Cl2N2O2. The van der Waals surface area contributed by atoms with Gasteiger partial charge in [0, 0.05) is 25.9 Å². The molecule has 0 fully saturated rings. The molecule has 0 atom stereocenters. The van der Waals surface area contributed by atoms with Crippen molar-refractivity contribution in [3.63, 3.8) is 0 Å². The Morgan fingerprint density at radius 2 is 2.05 bits per heavy atom. The molecule has 0 aliphatic rings. The standard InChI is InChI=1S/C13H18Cl2N2O2/c1-19-6-4-2-3-5-17-13(18)10-7-9(16)8-11(14)12(10)15/h7-8H,2-6,16H2,1H3,(H,17,18). The molecule has 0 radical (unpaired) electrons. The lowest BCUT2D eigenvalue weighted by Crippen LogP contribution is -2.25. The van der Waals surface area contributed by atoms with Crippen LogP contribution in [0.25, 0.3) is 0 Å². The van der Waals surface area contributed by atoms with Crippen LogP contribution in [0, 0.1) is 0 Å². The highest BCUT2D eigenvalue weighted by Gasteiger charge is 2.13. The zero-order valence-corrected chi connectivity index (χ0v) is 12.4. The zero-order valence-electron chi connectivity index (χ0n) is 10.8. The molecule has 1 amide bonds. The number of carbonyl (C=O) groups is 1. The van der Waals surface area contributed by atoms with E-state index in [-0.39, 0.29) is 16.0 Å². The first kappa shape index (κ1) is 16.1. The summed E-state index contributed by atoms with van der Waals surface area (Å²) in [6.45, 7) is 1.33. The molecular weight excluding hydrogens is 287 g/mol. The minimum Gasteiger partial charge on any atom is -0.399 e. The zero-order chi connectivity index (χ0) is 14.3. The molecule has 4 nitrogen and oxygen atoms in total. The average Bonchev–Trinajstić information content (AvgIpc) is 2.37. The summed E-state index contributed by atoms with van der Waals surface area (Å²) in [4.78, 5) is 11.9. The maximum atomic E-state index is 11.9. The third-order valence-electron chi connectivity index (χ3n) is 2.61. The highest BCUT2D eigenvalue weighted by atomic mass is 35.5. The first-order chi connectivity index (χ1) is 9.06. The normalized spacial score (nSPS) is 10.5. The second-order valence-electron chi connectivity index (χ2n) is 4.17. The Bertz CT molecular complexity index is 439. The Morgan fingerprint density at radius 1 is 1.32 bits per heavy atom. The number of rotatable bonds is 7. The molecule has 19 heavy (non-hydrogen) atoms. The van der Waals surface area contributed by atoms with Crippen LogP contribution in [0.5, 0.6) is 0 Å². The number of nitrogens with two attached hydrogens (primary N) is 1. The fraction of sp³-hybridized carbons (Fsp3) is 0.462. The van der Waals surface area contributed by atoms with Crippen molar-refractivity contribution in [1.82, 2.24) is 5.32 Å². The van der Waals surface area contributed by atoms with Gasteiger partial charge in [0.15, 0.2) is 0 Å². The van der Waals surface area contributed by atoms with Gasteiger partial charge in [0.05, 0.1) is 15.6 Å². The smallest absolute Gasteiger partial charge is 0.252 e. The van der Waals surface area contributed by atoms with Crippen LogP contribution in [0.15, 0.2) is 12.1 Å². The highest BCUT2D eigenvalue weighted by molar-refractivity contribution is 6.44. The molecule has 0 saturated heterocycles. The molecule has 0 heterocycles. The van der Waals surface area contributed by atoms with E-state index in [4.69, 9.17) is 33.7 Å². The number of nitrogens with one attached hydrogen (secondary N) is 1. The van der Waals surface area contributed by atoms with Crippen LogP contribution in [-0.4, -0.2) is 26.2 Å². The third kappa shape index (κ3) is 5.27. The predicted octanol–water partition coefficient (Wildman–Crippen LogP) is 3.12. The maximum absolute atomic E-state index is 11.9. The molecule has 1 rings (SSSR count). The van der Waals surface area contributed by atoms with Gasteiger partial charge in [0.1, 0.15) is 0 Å². The average molecular weight is 305 g/mol. The summed E-state index contributed by atoms with van der Waals surface area (Å²) < 4.78 is 4.95. The number of benzene rings is 1. The van der Waals surface area contributed by atoms with E-state index >= 15 is 0 Å². The topological polar surface area (TPSA) is 64.3 Å². The number of hydrogen-bond acceptors (Lipinski definition) is 3. The van der Waals surface area contributed by atoms with Crippen molar-refractivity contribution in [2.45, 2.75) is 19.3 Å². The molecule has 0 saturated carbocycles. The number of ether oxygens (including phenoxy) is 1. The van der Waals surface area contributed by atoms with E-state index in [0.29, 0.717) is 17.8 Å². The Labute approximate surface area is 123 Å². The van der Waals surface area contributed by atoms with E-state index in [2.05, 4.69) is 5.32 Å². The summed E-state index contributed by atoms with van der Waals surface area (Å²) in [6, 6.07) is 3.04. The summed E-state index contributed by atoms with van der Waals surface area (Å²) in [5.41, 5.74) is 6.36. The molecule has 0 aromatic heterocycles. The Balaban J connectivity index is 2.46. The van der Waals surface area contributed by atoms with Gasteiger partial charge in [-0.25, -0.2) is 0 Å². The fourth-order valence-corrected chi connectivity index (χ4v) is 2.04. The van der Waals surface area contributed by atoms with Crippen LogP contribution in [0.4, 0.5) is 5.69 Å². The minimum atomic E-state index is -0.258. The van der Waals surface area contributed by atoms with E-state index in [1.807, 2.05) is 0 Å². The van der Waals surface area contributed by atoms with Gasteiger partial charge in [-0.05, 0) is 31.4 Å². The van der Waals surface area contributed by atoms with Crippen LogP contribution in [0.1, 0.15) is 29.6 Å². The molecule has 1 aromatic carbocycles. The molecule has 1 aromatic rings. The molecule has 6 heteroatoms. The summed E-state index contributed by atoms with van der Waals surface area (Å²) >= 11 is 11.9. The van der Waals surface area contributed by atoms with E-state index in [1.54, 1.807) is 7.11 Å². The van der Waals surface area contributed by atoms with Crippen LogP contribution < -0.4 is 11.1 Å². The van der Waals surface area contributed by atoms with Gasteiger partial charge in [-0.1, -0.05) is 23.2 Å². The summed E-state index contributed by atoms with van der Waals surface area (Å²) in [5.74, 6) is -0.258. The molecule has 0 unspecified atom stereocenters. The number of methoxy groups -OCH3 is 1. The van der Waals surface area contributed by atoms with Crippen LogP contribution in [-0.2, 0) is 4.74 Å². The number of anilines is 1. The van der Waals surface area contributed by atoms with Gasteiger partial charge < -0.3 is 15.8 Å². The van der Waals surface area contributed by atoms with Crippen LogP contribution >= 0.6 is 23.2 Å². The lowest BCUT2D eigenvalue weighted by atomic mass is 10.2. The van der Waals surface area contributed by atoms with Crippen molar-refractivity contribution in [2.24, 2.45) is 0 Å². The van der Waals surface area contributed by atoms with Crippen molar-refractivity contribution >= 4 is 34.8 Å². The lowest BCUT2D eigenvalue weighted by molar-refractivity contribution is 0.0953. The van der Waals surface area contributed by atoms with Gasteiger partial charge >= 0.3 is 0 Å².